The first-order valence-electron chi connectivity index (χ1n) is 8.98. The molecule has 3 aromatic carbocycles. The highest BCUT2D eigenvalue weighted by Gasteiger charge is 2.47. The summed E-state index contributed by atoms with van der Waals surface area (Å²) in [6.45, 7) is 0. The summed E-state index contributed by atoms with van der Waals surface area (Å²) in [4.78, 5) is 27.3. The number of Topliss-reactive ketones (excluding diaryl/α,β-unsaturated/α-hetero) is 1. The van der Waals surface area contributed by atoms with Crippen molar-refractivity contribution >= 4 is 50.7 Å². The Morgan fingerprint density at radius 3 is 2.27 bits per heavy atom. The first-order chi connectivity index (χ1) is 14.4. The minimum atomic E-state index is -0.882. The van der Waals surface area contributed by atoms with Crippen molar-refractivity contribution in [3.05, 3.63) is 99.0 Å². The molecule has 0 radical (unpaired) electrons. The highest BCUT2D eigenvalue weighted by molar-refractivity contribution is 9.10. The molecule has 1 unspecified atom stereocenters. The number of benzene rings is 3. The predicted octanol–water partition coefficient (Wildman–Crippen LogP) is 5.43. The lowest BCUT2D eigenvalue weighted by molar-refractivity contribution is -0.132. The number of anilines is 1. The van der Waals surface area contributed by atoms with Crippen LogP contribution in [0.25, 0.3) is 5.76 Å². The van der Waals surface area contributed by atoms with Crippen molar-refractivity contribution in [3.63, 3.8) is 0 Å². The van der Waals surface area contributed by atoms with Gasteiger partial charge in [0.15, 0.2) is 0 Å². The standard InChI is InChI=1S/C23H15BrClNO4/c24-15-8-4-14(5-9-15)21(28)19-20(13-6-10-18(27)11-7-13)26(23(30)22(19)29)17-3-1-2-16(25)12-17/h1-12,20,27-28H/b21-19+. The summed E-state index contributed by atoms with van der Waals surface area (Å²) in [5.41, 5.74) is 1.36. The van der Waals surface area contributed by atoms with E-state index in [1.165, 1.54) is 17.0 Å². The average molecular weight is 485 g/mol. The number of halogens is 2. The maximum absolute atomic E-state index is 13.0. The average Bonchev–Trinajstić information content (AvgIpc) is 2.99. The summed E-state index contributed by atoms with van der Waals surface area (Å²) >= 11 is 9.45. The zero-order valence-corrected chi connectivity index (χ0v) is 17.8. The number of aromatic hydroxyl groups is 1. The van der Waals surface area contributed by atoms with Crippen molar-refractivity contribution in [3.8, 4) is 5.75 Å². The van der Waals surface area contributed by atoms with Crippen molar-refractivity contribution in [2.24, 2.45) is 0 Å². The van der Waals surface area contributed by atoms with Crippen molar-refractivity contribution in [2.75, 3.05) is 4.90 Å². The summed E-state index contributed by atoms with van der Waals surface area (Å²) in [5, 5.41) is 21.1. The number of hydrogen-bond donors (Lipinski definition) is 2. The van der Waals surface area contributed by atoms with Crippen LogP contribution in [-0.2, 0) is 9.59 Å². The van der Waals surface area contributed by atoms with E-state index in [-0.39, 0.29) is 17.1 Å². The van der Waals surface area contributed by atoms with Gasteiger partial charge in [0.05, 0.1) is 11.6 Å². The van der Waals surface area contributed by atoms with Gasteiger partial charge in [-0.05, 0) is 48.0 Å². The third-order valence-corrected chi connectivity index (χ3v) is 5.62. The first-order valence-corrected chi connectivity index (χ1v) is 10.2. The molecule has 0 bridgehead atoms. The van der Waals surface area contributed by atoms with Gasteiger partial charge < -0.3 is 10.2 Å². The molecule has 4 rings (SSSR count). The van der Waals surface area contributed by atoms with E-state index in [1.807, 2.05) is 0 Å². The number of nitrogens with zero attached hydrogens (tertiary/aromatic N) is 1. The lowest BCUT2D eigenvalue weighted by Crippen LogP contribution is -2.29. The van der Waals surface area contributed by atoms with Gasteiger partial charge in [-0.25, -0.2) is 0 Å². The summed E-state index contributed by atoms with van der Waals surface area (Å²) in [7, 11) is 0. The molecular weight excluding hydrogens is 470 g/mol. The van der Waals surface area contributed by atoms with Gasteiger partial charge in [0.1, 0.15) is 11.5 Å². The number of carbonyl (C=O) groups is 2. The van der Waals surface area contributed by atoms with E-state index in [9.17, 15) is 19.8 Å². The minimum absolute atomic E-state index is 0.0343. The molecule has 30 heavy (non-hydrogen) atoms. The van der Waals surface area contributed by atoms with Gasteiger partial charge in [0.2, 0.25) is 0 Å². The number of carbonyl (C=O) groups excluding carboxylic acids is 2. The van der Waals surface area contributed by atoms with Gasteiger partial charge in [0.25, 0.3) is 11.7 Å². The van der Waals surface area contributed by atoms with E-state index < -0.39 is 17.7 Å². The number of amides is 1. The van der Waals surface area contributed by atoms with Crippen LogP contribution in [0.3, 0.4) is 0 Å². The molecule has 1 fully saturated rings. The highest BCUT2D eigenvalue weighted by atomic mass is 79.9. The molecule has 0 saturated carbocycles. The quantitative estimate of drug-likeness (QED) is 0.295. The van der Waals surface area contributed by atoms with Gasteiger partial charge in [-0.3, -0.25) is 14.5 Å². The number of hydrogen-bond acceptors (Lipinski definition) is 4. The Kier molecular flexibility index (Phi) is 5.37. The molecule has 7 heteroatoms. The summed E-state index contributed by atoms with van der Waals surface area (Å²) in [6.07, 6.45) is 0. The smallest absolute Gasteiger partial charge is 0.300 e. The molecule has 1 amide bonds. The highest BCUT2D eigenvalue weighted by Crippen LogP contribution is 2.42. The number of phenols is 1. The molecule has 2 N–H and O–H groups in total. The van der Waals surface area contributed by atoms with Crippen LogP contribution in [0.4, 0.5) is 5.69 Å². The Hall–Kier alpha value is -3.09. The van der Waals surface area contributed by atoms with Gasteiger partial charge in [0, 0.05) is 20.7 Å². The number of rotatable bonds is 3. The second kappa shape index (κ2) is 7.97. The van der Waals surface area contributed by atoms with Crippen LogP contribution in [0, 0.1) is 0 Å². The normalized spacial score (nSPS) is 18.1. The largest absolute Gasteiger partial charge is 0.508 e. The lowest BCUT2D eigenvalue weighted by atomic mass is 9.95. The van der Waals surface area contributed by atoms with Crippen LogP contribution >= 0.6 is 27.5 Å². The fourth-order valence-electron chi connectivity index (χ4n) is 3.46. The molecule has 1 aliphatic rings. The Labute approximate surface area is 186 Å². The van der Waals surface area contributed by atoms with Crippen molar-refractivity contribution in [2.45, 2.75) is 6.04 Å². The lowest BCUT2D eigenvalue weighted by Gasteiger charge is -2.25. The summed E-state index contributed by atoms with van der Waals surface area (Å²) in [6, 6.07) is 18.6. The van der Waals surface area contributed by atoms with Crippen LogP contribution in [0.1, 0.15) is 17.2 Å². The number of ketones is 1. The Morgan fingerprint density at radius 1 is 0.967 bits per heavy atom. The zero-order chi connectivity index (χ0) is 21.4. The van der Waals surface area contributed by atoms with Gasteiger partial charge in [-0.15, -0.1) is 0 Å². The van der Waals surface area contributed by atoms with Crippen molar-refractivity contribution in [1.29, 1.82) is 0 Å². The Bertz CT molecular complexity index is 1170. The Morgan fingerprint density at radius 2 is 1.63 bits per heavy atom. The molecule has 0 spiro atoms. The molecule has 0 aliphatic carbocycles. The van der Waals surface area contributed by atoms with Gasteiger partial charge in [-0.2, -0.15) is 0 Å². The van der Waals surface area contributed by atoms with E-state index in [2.05, 4.69) is 15.9 Å². The van der Waals surface area contributed by atoms with Crippen molar-refractivity contribution < 1.29 is 19.8 Å². The number of aliphatic hydroxyl groups is 1. The molecule has 0 aromatic heterocycles. The molecule has 150 valence electrons. The maximum atomic E-state index is 13.0. The molecule has 1 aliphatic heterocycles. The molecule has 5 nitrogen and oxygen atoms in total. The Balaban J connectivity index is 1.95. The first kappa shape index (κ1) is 20.2. The van der Waals surface area contributed by atoms with Gasteiger partial charge >= 0.3 is 0 Å². The van der Waals surface area contributed by atoms with E-state index >= 15 is 0 Å². The van der Waals surface area contributed by atoms with E-state index in [0.717, 1.165) is 4.47 Å². The third kappa shape index (κ3) is 3.60. The van der Waals surface area contributed by atoms with Crippen LogP contribution < -0.4 is 4.90 Å². The van der Waals surface area contributed by atoms with Crippen LogP contribution in [0.2, 0.25) is 5.02 Å². The monoisotopic (exact) mass is 483 g/mol. The van der Waals surface area contributed by atoms with Crippen molar-refractivity contribution in [1.82, 2.24) is 0 Å². The van der Waals surface area contributed by atoms with Crippen LogP contribution in [-0.4, -0.2) is 21.9 Å². The molecule has 1 heterocycles. The minimum Gasteiger partial charge on any atom is -0.508 e. The summed E-state index contributed by atoms with van der Waals surface area (Å²) < 4.78 is 0.813. The topological polar surface area (TPSA) is 77.8 Å². The zero-order valence-electron chi connectivity index (χ0n) is 15.4. The molecule has 1 saturated heterocycles. The van der Waals surface area contributed by atoms with Crippen LogP contribution in [0.5, 0.6) is 5.75 Å². The molecular formula is C23H15BrClNO4. The number of aliphatic hydroxyl groups excluding tert-OH is 1. The SMILES string of the molecule is O=C1C(=O)N(c2cccc(Cl)c2)C(c2ccc(O)cc2)/C1=C(\O)c1ccc(Br)cc1. The summed E-state index contributed by atoms with van der Waals surface area (Å²) in [5.74, 6) is -1.79. The fraction of sp³-hybridized carbons (Fsp3) is 0.0435. The second-order valence-electron chi connectivity index (χ2n) is 6.75. The van der Waals surface area contributed by atoms with E-state index in [1.54, 1.807) is 60.7 Å². The van der Waals surface area contributed by atoms with E-state index in [4.69, 9.17) is 11.6 Å². The predicted molar refractivity (Wildman–Crippen MR) is 118 cm³/mol. The third-order valence-electron chi connectivity index (χ3n) is 4.86. The van der Waals surface area contributed by atoms with E-state index in [0.29, 0.717) is 21.8 Å². The number of phenolic OH excluding ortho intramolecular Hbond substituents is 1. The van der Waals surface area contributed by atoms with Crippen LogP contribution in [0.15, 0.2) is 82.8 Å². The fourth-order valence-corrected chi connectivity index (χ4v) is 3.91. The molecule has 3 aromatic rings. The second-order valence-corrected chi connectivity index (χ2v) is 8.10. The molecule has 1 atom stereocenters. The maximum Gasteiger partial charge on any atom is 0.300 e. The van der Waals surface area contributed by atoms with Gasteiger partial charge in [-0.1, -0.05) is 57.9 Å².